The van der Waals surface area contributed by atoms with E-state index in [1.165, 1.54) is 6.07 Å². The second kappa shape index (κ2) is 9.35. The van der Waals surface area contributed by atoms with Gasteiger partial charge in [-0.05, 0) is 62.2 Å². The number of hydrogen-bond acceptors (Lipinski definition) is 3. The number of rotatable bonds is 8. The Labute approximate surface area is 172 Å². The number of nitrogens with two attached hydrogens (primary N) is 1. The molecule has 0 aromatic heterocycles. The zero-order valence-electron chi connectivity index (χ0n) is 16.9. The third-order valence-corrected chi connectivity index (χ3v) is 4.66. The van der Waals surface area contributed by atoms with E-state index in [-0.39, 0.29) is 17.4 Å². The van der Waals surface area contributed by atoms with Crippen molar-refractivity contribution in [2.45, 2.75) is 39.7 Å². The van der Waals surface area contributed by atoms with Crippen LogP contribution in [0.2, 0.25) is 5.02 Å². The Morgan fingerprint density at radius 2 is 2.04 bits per heavy atom. The lowest BCUT2D eigenvalue weighted by Crippen LogP contribution is -2.43. The highest BCUT2D eigenvalue weighted by Crippen LogP contribution is 2.36. The average molecular weight is 403 g/mol. The normalized spacial score (nSPS) is 14.1. The first-order valence-corrected chi connectivity index (χ1v) is 9.70. The molecule has 1 unspecified atom stereocenters. The Kier molecular flexibility index (Phi) is 7.39. The minimum absolute atomic E-state index is 0.0245. The number of benzene rings is 2. The van der Waals surface area contributed by atoms with Crippen LogP contribution in [-0.4, -0.2) is 18.9 Å². The second-order valence-corrected chi connectivity index (χ2v) is 8.09. The van der Waals surface area contributed by atoms with Crippen LogP contribution >= 0.6 is 11.6 Å². The Morgan fingerprint density at radius 1 is 1.36 bits per heavy atom. The Bertz CT molecular complexity index is 852. The van der Waals surface area contributed by atoms with Gasteiger partial charge in [0, 0.05) is 11.1 Å². The summed E-state index contributed by atoms with van der Waals surface area (Å²) < 4.78 is 20.5. The van der Waals surface area contributed by atoms with Crippen LogP contribution in [0.25, 0.3) is 5.57 Å². The minimum Gasteiger partial charge on any atom is -0.487 e. The van der Waals surface area contributed by atoms with E-state index in [1.807, 2.05) is 44.2 Å². The molecule has 28 heavy (non-hydrogen) atoms. The molecule has 2 aromatic rings. The van der Waals surface area contributed by atoms with Gasteiger partial charge in [0.15, 0.2) is 11.6 Å². The number of hydrogen-bond donors (Lipinski definition) is 1. The average Bonchev–Trinajstić information content (AvgIpc) is 2.61. The monoisotopic (exact) mass is 402 g/mol. The van der Waals surface area contributed by atoms with Crippen molar-refractivity contribution in [3.05, 3.63) is 64.4 Å². The molecule has 0 aliphatic heterocycles. The van der Waals surface area contributed by atoms with Gasteiger partial charge in [0.05, 0.1) is 10.7 Å². The van der Waals surface area contributed by atoms with Crippen LogP contribution in [0.5, 0.6) is 5.75 Å². The number of para-hydroxylation sites is 1. The van der Waals surface area contributed by atoms with Gasteiger partial charge in [-0.1, -0.05) is 49.7 Å². The van der Waals surface area contributed by atoms with Crippen LogP contribution in [0.1, 0.15) is 45.2 Å². The molecule has 2 N–H and O–H groups in total. The maximum absolute atomic E-state index is 14.8. The van der Waals surface area contributed by atoms with E-state index in [1.54, 1.807) is 6.07 Å². The van der Waals surface area contributed by atoms with Crippen LogP contribution in [0.3, 0.4) is 0 Å². The van der Waals surface area contributed by atoms with Crippen molar-refractivity contribution in [1.29, 1.82) is 0 Å². The largest absolute Gasteiger partial charge is 0.487 e. The molecule has 0 aliphatic carbocycles. The minimum atomic E-state index is -0.564. The van der Waals surface area contributed by atoms with Crippen LogP contribution < -0.4 is 10.5 Å². The molecule has 150 valence electrons. The van der Waals surface area contributed by atoms with Crippen molar-refractivity contribution in [2.24, 2.45) is 16.6 Å². The molecule has 0 saturated heterocycles. The summed E-state index contributed by atoms with van der Waals surface area (Å²) in [7, 11) is 0. The van der Waals surface area contributed by atoms with Gasteiger partial charge in [-0.3, -0.25) is 4.99 Å². The van der Waals surface area contributed by atoms with E-state index in [2.05, 4.69) is 25.6 Å². The summed E-state index contributed by atoms with van der Waals surface area (Å²) in [6, 6.07) is 10.7. The molecule has 2 rings (SSSR count). The van der Waals surface area contributed by atoms with Crippen molar-refractivity contribution in [2.75, 3.05) is 6.61 Å². The first-order valence-electron chi connectivity index (χ1n) is 9.32. The number of halogens is 2. The third kappa shape index (κ3) is 5.43. The predicted molar refractivity (Wildman–Crippen MR) is 117 cm³/mol. The van der Waals surface area contributed by atoms with E-state index in [9.17, 15) is 4.39 Å². The SMILES string of the molecule is C=Nc1ccccc1/C(=C\C)c1cc(F)c(OCC(C)(N)CC(C)C)c(Cl)c1. The van der Waals surface area contributed by atoms with Gasteiger partial charge in [-0.25, -0.2) is 4.39 Å². The number of nitrogens with zero attached hydrogens (tertiary/aromatic N) is 1. The fourth-order valence-electron chi connectivity index (χ4n) is 3.40. The smallest absolute Gasteiger partial charge is 0.173 e. The molecule has 0 aliphatic rings. The van der Waals surface area contributed by atoms with Crippen molar-refractivity contribution in [3.63, 3.8) is 0 Å². The topological polar surface area (TPSA) is 47.6 Å². The first-order chi connectivity index (χ1) is 13.2. The van der Waals surface area contributed by atoms with Crippen LogP contribution in [-0.2, 0) is 0 Å². The van der Waals surface area contributed by atoms with Crippen LogP contribution in [0.15, 0.2) is 47.5 Å². The Balaban J connectivity index is 2.34. The van der Waals surface area contributed by atoms with Crippen LogP contribution in [0, 0.1) is 11.7 Å². The van der Waals surface area contributed by atoms with E-state index < -0.39 is 11.4 Å². The summed E-state index contributed by atoms with van der Waals surface area (Å²) in [6.07, 6.45) is 2.66. The molecule has 3 nitrogen and oxygen atoms in total. The third-order valence-electron chi connectivity index (χ3n) is 4.38. The fourth-order valence-corrected chi connectivity index (χ4v) is 3.66. The zero-order valence-corrected chi connectivity index (χ0v) is 17.7. The zero-order chi connectivity index (χ0) is 20.9. The first kappa shape index (κ1) is 22.1. The molecule has 0 bridgehead atoms. The van der Waals surface area contributed by atoms with Gasteiger partial charge in [0.25, 0.3) is 0 Å². The maximum Gasteiger partial charge on any atom is 0.173 e. The molecule has 0 heterocycles. The van der Waals surface area contributed by atoms with Gasteiger partial charge in [0.1, 0.15) is 6.61 Å². The molecule has 0 saturated carbocycles. The molecule has 5 heteroatoms. The van der Waals surface area contributed by atoms with Crippen molar-refractivity contribution >= 4 is 29.6 Å². The number of ether oxygens (including phenoxy) is 1. The lowest BCUT2D eigenvalue weighted by molar-refractivity contribution is 0.200. The lowest BCUT2D eigenvalue weighted by Gasteiger charge is -2.27. The second-order valence-electron chi connectivity index (χ2n) is 7.69. The maximum atomic E-state index is 14.8. The summed E-state index contributed by atoms with van der Waals surface area (Å²) in [4.78, 5) is 4.05. The van der Waals surface area contributed by atoms with Crippen molar-refractivity contribution in [1.82, 2.24) is 0 Å². The summed E-state index contributed by atoms with van der Waals surface area (Å²) >= 11 is 6.36. The fraction of sp³-hybridized carbons (Fsp3) is 0.348. The highest BCUT2D eigenvalue weighted by atomic mass is 35.5. The molecule has 0 spiro atoms. The number of allylic oxidation sites excluding steroid dienone is 1. The summed E-state index contributed by atoms with van der Waals surface area (Å²) in [5.41, 5.74) is 8.74. The molecule has 0 fully saturated rings. The molecular weight excluding hydrogens is 375 g/mol. The van der Waals surface area contributed by atoms with Gasteiger partial charge < -0.3 is 10.5 Å². The van der Waals surface area contributed by atoms with E-state index in [4.69, 9.17) is 22.1 Å². The molecule has 1 atom stereocenters. The van der Waals surface area contributed by atoms with Gasteiger partial charge in [-0.15, -0.1) is 0 Å². The van der Waals surface area contributed by atoms with E-state index in [0.717, 1.165) is 23.2 Å². The summed E-state index contributed by atoms with van der Waals surface area (Å²) in [6.45, 7) is 11.7. The summed E-state index contributed by atoms with van der Waals surface area (Å²) in [5, 5.41) is 0.207. The number of aliphatic imine (C=N–C) groups is 1. The molecular formula is C23H28ClFN2O. The molecule has 0 radical (unpaired) electrons. The Hall–Kier alpha value is -2.17. The highest BCUT2D eigenvalue weighted by Gasteiger charge is 2.23. The predicted octanol–water partition coefficient (Wildman–Crippen LogP) is 6.41. The highest BCUT2D eigenvalue weighted by molar-refractivity contribution is 6.32. The van der Waals surface area contributed by atoms with Crippen molar-refractivity contribution in [3.8, 4) is 5.75 Å². The summed E-state index contributed by atoms with van der Waals surface area (Å²) in [5.74, 6) is -0.0836. The van der Waals surface area contributed by atoms with E-state index in [0.29, 0.717) is 11.5 Å². The molecule has 2 aromatic carbocycles. The standard InChI is InChI=1S/C23H28ClFN2O/c1-6-17(18-9-7-8-10-21(18)27-5)16-11-19(24)22(20(25)12-16)28-14-23(4,26)13-15(2)3/h6-12,15H,5,13-14,26H2,1-4H3/b17-6-. The Morgan fingerprint density at radius 3 is 2.61 bits per heavy atom. The lowest BCUT2D eigenvalue weighted by atomic mass is 9.93. The molecule has 0 amide bonds. The van der Waals surface area contributed by atoms with Gasteiger partial charge in [-0.2, -0.15) is 0 Å². The van der Waals surface area contributed by atoms with E-state index >= 15 is 0 Å². The quantitative estimate of drug-likeness (QED) is 0.519. The van der Waals surface area contributed by atoms with Crippen molar-refractivity contribution < 1.29 is 9.13 Å². The van der Waals surface area contributed by atoms with Gasteiger partial charge >= 0.3 is 0 Å². The van der Waals surface area contributed by atoms with Crippen LogP contribution in [0.4, 0.5) is 10.1 Å². The van der Waals surface area contributed by atoms with Gasteiger partial charge in [0.2, 0.25) is 0 Å².